The fourth-order valence-corrected chi connectivity index (χ4v) is 3.15. The third kappa shape index (κ3) is 4.95. The van der Waals surface area contributed by atoms with Gasteiger partial charge < -0.3 is 0 Å². The Morgan fingerprint density at radius 2 is 1.92 bits per heavy atom. The molecule has 136 valence electrons. The molecule has 1 fully saturated rings. The molecule has 1 saturated heterocycles. The Hall–Kier alpha value is -2.07. The van der Waals surface area contributed by atoms with Gasteiger partial charge in [0.2, 0.25) is 5.91 Å². The van der Waals surface area contributed by atoms with E-state index < -0.39 is 17.8 Å². The summed E-state index contributed by atoms with van der Waals surface area (Å²) in [5.74, 6) is -0.378. The van der Waals surface area contributed by atoms with Gasteiger partial charge >= 0.3 is 6.18 Å². The first kappa shape index (κ1) is 19.3. The number of alkyl halides is 3. The summed E-state index contributed by atoms with van der Waals surface area (Å²) in [6.07, 6.45) is -2.74. The molecule has 1 heterocycles. The topological polar surface area (TPSA) is 56.1 Å². The van der Waals surface area contributed by atoms with Crippen LogP contribution in [-0.4, -0.2) is 28.7 Å². The second-order valence-corrected chi connectivity index (χ2v) is 7.01. The van der Waals surface area contributed by atoms with Gasteiger partial charge in [0.1, 0.15) is 6.04 Å². The van der Waals surface area contributed by atoms with Crippen LogP contribution >= 0.6 is 0 Å². The minimum Gasteiger partial charge on any atom is -0.288 e. The summed E-state index contributed by atoms with van der Waals surface area (Å²) in [5, 5.41) is 9.82. The molecule has 1 unspecified atom stereocenters. The van der Waals surface area contributed by atoms with Crippen molar-refractivity contribution < 1.29 is 18.0 Å². The smallest absolute Gasteiger partial charge is 0.288 e. The van der Waals surface area contributed by atoms with Gasteiger partial charge in [-0.1, -0.05) is 18.6 Å². The number of hydrogen-bond acceptors (Lipinski definition) is 3. The first-order valence-electron chi connectivity index (χ1n) is 8.28. The maximum absolute atomic E-state index is 13.5. The number of nitriles is 1. The lowest BCUT2D eigenvalue weighted by Crippen LogP contribution is -2.56. The molecule has 1 N–H and O–H groups in total. The van der Waals surface area contributed by atoms with Crippen molar-refractivity contribution in [3.05, 3.63) is 35.4 Å². The van der Waals surface area contributed by atoms with Crippen LogP contribution in [-0.2, 0) is 11.2 Å². The van der Waals surface area contributed by atoms with Crippen molar-refractivity contribution in [3.8, 4) is 6.07 Å². The third-order valence-electron chi connectivity index (χ3n) is 4.46. The van der Waals surface area contributed by atoms with Gasteiger partial charge in [-0.2, -0.15) is 18.4 Å². The zero-order chi connectivity index (χ0) is 18.7. The summed E-state index contributed by atoms with van der Waals surface area (Å²) in [6.45, 7) is 3.28. The van der Waals surface area contributed by atoms with Crippen LogP contribution in [0.2, 0.25) is 0 Å². The number of carbonyl (C=O) groups excluding carboxylic acids is 1. The molecule has 0 aliphatic carbocycles. The SMILES string of the molecule is CC1(C)CC(=O)NN1C(CCCCc1ccc(C#N)cc1)C(F)(F)F. The van der Waals surface area contributed by atoms with E-state index in [1.165, 1.54) is 0 Å². The highest BCUT2D eigenvalue weighted by Gasteiger charge is 2.51. The molecular weight excluding hydrogens is 331 g/mol. The fourth-order valence-electron chi connectivity index (χ4n) is 3.15. The summed E-state index contributed by atoms with van der Waals surface area (Å²) in [7, 11) is 0. The van der Waals surface area contributed by atoms with E-state index >= 15 is 0 Å². The van der Waals surface area contributed by atoms with Gasteiger partial charge in [0.25, 0.3) is 0 Å². The lowest BCUT2D eigenvalue weighted by atomic mass is 9.97. The Balaban J connectivity index is 1.92. The second kappa shape index (κ2) is 7.44. The number of benzene rings is 1. The summed E-state index contributed by atoms with van der Waals surface area (Å²) in [5.41, 5.74) is 3.07. The van der Waals surface area contributed by atoms with E-state index in [1.54, 1.807) is 26.0 Å². The van der Waals surface area contributed by atoms with Crippen LogP contribution in [0.25, 0.3) is 0 Å². The number of amides is 1. The first-order valence-corrected chi connectivity index (χ1v) is 8.28. The van der Waals surface area contributed by atoms with Gasteiger partial charge in [-0.15, -0.1) is 0 Å². The van der Waals surface area contributed by atoms with Gasteiger partial charge in [0.15, 0.2) is 0 Å². The second-order valence-electron chi connectivity index (χ2n) is 7.01. The molecular formula is C18H22F3N3O. The highest BCUT2D eigenvalue weighted by molar-refractivity contribution is 5.78. The van der Waals surface area contributed by atoms with Gasteiger partial charge in [-0.3, -0.25) is 10.2 Å². The lowest BCUT2D eigenvalue weighted by Gasteiger charge is -2.37. The molecule has 25 heavy (non-hydrogen) atoms. The Labute approximate surface area is 145 Å². The third-order valence-corrected chi connectivity index (χ3v) is 4.46. The maximum Gasteiger partial charge on any atom is 0.405 e. The summed E-state index contributed by atoms with van der Waals surface area (Å²) in [6, 6.07) is 7.40. The predicted octanol–water partition coefficient (Wildman–Crippen LogP) is 3.72. The van der Waals surface area contributed by atoms with Gasteiger partial charge in [0, 0.05) is 12.0 Å². The molecule has 1 atom stereocenters. The van der Waals surface area contributed by atoms with Crippen molar-refractivity contribution in [2.24, 2.45) is 0 Å². The molecule has 1 aliphatic heterocycles. The molecule has 2 rings (SSSR count). The number of nitrogens with zero attached hydrogens (tertiary/aromatic N) is 2. The zero-order valence-electron chi connectivity index (χ0n) is 14.4. The Morgan fingerprint density at radius 1 is 1.28 bits per heavy atom. The van der Waals surface area contributed by atoms with E-state index in [9.17, 15) is 18.0 Å². The molecule has 4 nitrogen and oxygen atoms in total. The number of carbonyl (C=O) groups is 1. The van der Waals surface area contributed by atoms with E-state index in [4.69, 9.17) is 5.26 Å². The summed E-state index contributed by atoms with van der Waals surface area (Å²) < 4.78 is 40.4. The number of rotatable bonds is 6. The average molecular weight is 353 g/mol. The van der Waals surface area contributed by atoms with Crippen molar-refractivity contribution in [3.63, 3.8) is 0 Å². The van der Waals surface area contributed by atoms with Crippen molar-refractivity contribution in [1.29, 1.82) is 5.26 Å². The summed E-state index contributed by atoms with van der Waals surface area (Å²) >= 11 is 0. The van der Waals surface area contributed by atoms with E-state index in [2.05, 4.69) is 5.43 Å². The molecule has 0 spiro atoms. The Morgan fingerprint density at radius 3 is 2.40 bits per heavy atom. The van der Waals surface area contributed by atoms with Crippen LogP contribution in [0.15, 0.2) is 24.3 Å². The molecule has 0 saturated carbocycles. The number of unbranched alkanes of at least 4 members (excludes halogenated alkanes) is 1. The predicted molar refractivity (Wildman–Crippen MR) is 87.2 cm³/mol. The Kier molecular flexibility index (Phi) is 5.73. The van der Waals surface area contributed by atoms with Crippen molar-refractivity contribution in [1.82, 2.24) is 10.4 Å². The molecule has 1 aromatic carbocycles. The quantitative estimate of drug-likeness (QED) is 0.793. The number of halogens is 3. The molecule has 0 radical (unpaired) electrons. The first-order chi connectivity index (χ1) is 11.6. The highest BCUT2D eigenvalue weighted by Crippen LogP contribution is 2.35. The maximum atomic E-state index is 13.5. The minimum absolute atomic E-state index is 0.0603. The van der Waals surface area contributed by atoms with Crippen molar-refractivity contribution in [2.45, 2.75) is 63.7 Å². The van der Waals surface area contributed by atoms with E-state index in [1.807, 2.05) is 18.2 Å². The van der Waals surface area contributed by atoms with Crippen molar-refractivity contribution >= 4 is 5.91 Å². The van der Waals surface area contributed by atoms with Crippen LogP contribution in [0.4, 0.5) is 13.2 Å². The fraction of sp³-hybridized carbons (Fsp3) is 0.556. The van der Waals surface area contributed by atoms with E-state index in [-0.39, 0.29) is 18.7 Å². The van der Waals surface area contributed by atoms with Gasteiger partial charge in [-0.05, 0) is 50.8 Å². The number of aryl methyl sites for hydroxylation is 1. The average Bonchev–Trinajstić information content (AvgIpc) is 2.78. The Bertz CT molecular complexity index is 647. The van der Waals surface area contributed by atoms with Gasteiger partial charge in [0.05, 0.1) is 11.6 Å². The standard InChI is InChI=1S/C18H22F3N3O/c1-17(2)11-16(25)23-24(17)15(18(19,20)21)6-4-3-5-13-7-9-14(12-22)10-8-13/h7-10,15H,3-6,11H2,1-2H3,(H,23,25). The largest absolute Gasteiger partial charge is 0.405 e. The molecule has 0 aromatic heterocycles. The zero-order valence-corrected chi connectivity index (χ0v) is 14.4. The number of hydrazine groups is 1. The molecule has 1 aliphatic rings. The normalized spacial score (nSPS) is 18.6. The van der Waals surface area contributed by atoms with E-state index in [0.717, 1.165) is 10.6 Å². The number of hydrogen-bond donors (Lipinski definition) is 1. The van der Waals surface area contributed by atoms with Crippen LogP contribution < -0.4 is 5.43 Å². The van der Waals surface area contributed by atoms with Crippen LogP contribution in [0.1, 0.15) is 50.7 Å². The monoisotopic (exact) mass is 353 g/mol. The molecule has 1 amide bonds. The molecule has 0 bridgehead atoms. The number of nitrogens with one attached hydrogen (secondary N) is 1. The van der Waals surface area contributed by atoms with Crippen LogP contribution in [0.3, 0.4) is 0 Å². The van der Waals surface area contributed by atoms with Gasteiger partial charge in [-0.25, -0.2) is 5.01 Å². The van der Waals surface area contributed by atoms with Crippen LogP contribution in [0, 0.1) is 11.3 Å². The van der Waals surface area contributed by atoms with Crippen molar-refractivity contribution in [2.75, 3.05) is 0 Å². The highest BCUT2D eigenvalue weighted by atomic mass is 19.4. The molecule has 7 heteroatoms. The molecule has 1 aromatic rings. The lowest BCUT2D eigenvalue weighted by molar-refractivity contribution is -0.202. The van der Waals surface area contributed by atoms with Crippen LogP contribution in [0.5, 0.6) is 0 Å². The van der Waals surface area contributed by atoms with E-state index in [0.29, 0.717) is 24.8 Å². The minimum atomic E-state index is -4.40. The summed E-state index contributed by atoms with van der Waals surface area (Å²) in [4.78, 5) is 11.5.